The van der Waals surface area contributed by atoms with Crippen molar-refractivity contribution in [2.24, 2.45) is 5.73 Å². The molecule has 0 amide bonds. The molecule has 1 rings (SSSR count). The zero-order valence-corrected chi connectivity index (χ0v) is 7.08. The maximum absolute atomic E-state index is 12.9. The van der Waals surface area contributed by atoms with Gasteiger partial charge >= 0.3 is 0 Å². The third-order valence-corrected chi connectivity index (χ3v) is 1.75. The Labute approximate surface area is 80.5 Å². The van der Waals surface area contributed by atoms with E-state index in [0.717, 1.165) is 0 Å². The van der Waals surface area contributed by atoms with Crippen molar-refractivity contribution >= 4 is 0 Å². The number of hydrogen-bond donors (Lipinski definition) is 1. The summed E-state index contributed by atoms with van der Waals surface area (Å²) in [5.74, 6) is -7.33. The van der Waals surface area contributed by atoms with Crippen molar-refractivity contribution in [1.29, 1.82) is 0 Å². The van der Waals surface area contributed by atoms with Gasteiger partial charge in [-0.25, -0.2) is 26.3 Å². The van der Waals surface area contributed by atoms with Gasteiger partial charge in [-0.2, -0.15) is 0 Å². The van der Waals surface area contributed by atoms with Crippen LogP contribution in [-0.2, 0) is 0 Å². The van der Waals surface area contributed by atoms with Crippen LogP contribution in [0.5, 0.6) is 0 Å². The highest BCUT2D eigenvalue weighted by atomic mass is 19.3. The van der Waals surface area contributed by atoms with Crippen LogP contribution in [0, 0.1) is 23.3 Å². The Morgan fingerprint density at radius 2 is 1.33 bits per heavy atom. The van der Waals surface area contributed by atoms with E-state index in [2.05, 4.69) is 0 Å². The van der Waals surface area contributed by atoms with Crippen molar-refractivity contribution in [2.45, 2.75) is 12.5 Å². The molecule has 2 N–H and O–H groups in total. The third-order valence-electron chi connectivity index (χ3n) is 1.75. The van der Waals surface area contributed by atoms with Crippen LogP contribution in [0.25, 0.3) is 0 Å². The number of rotatable bonds is 2. The molecule has 7 heteroatoms. The number of alkyl halides is 2. The average Bonchev–Trinajstić information content (AvgIpc) is 2.15. The molecule has 84 valence electrons. The van der Waals surface area contributed by atoms with Gasteiger partial charge in [-0.3, -0.25) is 0 Å². The van der Waals surface area contributed by atoms with Gasteiger partial charge in [0, 0.05) is 6.07 Å². The maximum Gasteiger partial charge on any atom is 0.257 e. The fourth-order valence-corrected chi connectivity index (χ4v) is 1.01. The lowest BCUT2D eigenvalue weighted by atomic mass is 10.1. The smallest absolute Gasteiger partial charge is 0.257 e. The van der Waals surface area contributed by atoms with E-state index >= 15 is 0 Å². The molecule has 1 atom stereocenters. The van der Waals surface area contributed by atoms with Crippen LogP contribution in [0.3, 0.4) is 0 Å². The predicted octanol–water partition coefficient (Wildman–Crippen LogP) is 2.51. The van der Waals surface area contributed by atoms with Crippen LogP contribution in [0.1, 0.15) is 11.6 Å². The molecule has 0 saturated heterocycles. The van der Waals surface area contributed by atoms with Crippen LogP contribution >= 0.6 is 0 Å². The summed E-state index contributed by atoms with van der Waals surface area (Å²) >= 11 is 0. The van der Waals surface area contributed by atoms with E-state index in [-0.39, 0.29) is 6.07 Å². The highest BCUT2D eigenvalue weighted by Crippen LogP contribution is 2.27. The minimum Gasteiger partial charge on any atom is -0.319 e. The first kappa shape index (κ1) is 11.8. The highest BCUT2D eigenvalue weighted by molar-refractivity contribution is 5.26. The van der Waals surface area contributed by atoms with Gasteiger partial charge in [0.25, 0.3) is 6.43 Å². The first-order chi connectivity index (χ1) is 6.86. The summed E-state index contributed by atoms with van der Waals surface area (Å²) in [6, 6.07) is -2.48. The summed E-state index contributed by atoms with van der Waals surface area (Å²) in [5, 5.41) is 0. The molecular formula is C8H5F6N. The molecule has 1 aromatic rings. The van der Waals surface area contributed by atoms with Crippen LogP contribution in [0.2, 0.25) is 0 Å². The van der Waals surface area contributed by atoms with Crippen LogP contribution in [0.15, 0.2) is 6.07 Å². The molecule has 0 aromatic heterocycles. The SMILES string of the molecule is N[C@@H](c1c(F)c(F)cc(F)c1F)C(F)F. The van der Waals surface area contributed by atoms with Gasteiger partial charge in [-0.15, -0.1) is 0 Å². The Kier molecular flexibility index (Phi) is 3.23. The molecule has 0 saturated carbocycles. The third kappa shape index (κ3) is 2.06. The fourth-order valence-electron chi connectivity index (χ4n) is 1.01. The quantitative estimate of drug-likeness (QED) is 0.612. The summed E-state index contributed by atoms with van der Waals surface area (Å²) < 4.78 is 74.9. The number of benzene rings is 1. The Morgan fingerprint density at radius 1 is 0.933 bits per heavy atom. The van der Waals surface area contributed by atoms with Crippen molar-refractivity contribution in [3.05, 3.63) is 34.9 Å². The standard InChI is InChI=1S/C8H5F6N/c9-2-1-3(10)6(12)4(5(2)11)7(15)8(13)14/h1,7-8H,15H2/t7-/m0/s1. The van der Waals surface area contributed by atoms with Gasteiger partial charge in [0.1, 0.15) is 0 Å². The highest BCUT2D eigenvalue weighted by Gasteiger charge is 2.29. The molecular weight excluding hydrogens is 224 g/mol. The summed E-state index contributed by atoms with van der Waals surface area (Å²) in [4.78, 5) is 0. The first-order valence-electron chi connectivity index (χ1n) is 3.73. The lowest BCUT2D eigenvalue weighted by molar-refractivity contribution is 0.112. The summed E-state index contributed by atoms with van der Waals surface area (Å²) in [5.41, 5.74) is 3.23. The van der Waals surface area contributed by atoms with Crippen molar-refractivity contribution in [3.8, 4) is 0 Å². The second kappa shape index (κ2) is 4.09. The largest absolute Gasteiger partial charge is 0.319 e. The Balaban J connectivity index is 3.39. The molecule has 0 aliphatic carbocycles. The molecule has 0 unspecified atom stereocenters. The Morgan fingerprint density at radius 3 is 1.67 bits per heavy atom. The molecule has 0 heterocycles. The second-order valence-corrected chi connectivity index (χ2v) is 2.74. The number of nitrogens with two attached hydrogens (primary N) is 1. The van der Waals surface area contributed by atoms with E-state index < -0.39 is 41.3 Å². The van der Waals surface area contributed by atoms with E-state index in [1.807, 2.05) is 0 Å². The van der Waals surface area contributed by atoms with Gasteiger partial charge in [0.05, 0.1) is 11.6 Å². The van der Waals surface area contributed by atoms with E-state index in [1.54, 1.807) is 0 Å². The average molecular weight is 229 g/mol. The molecule has 1 nitrogen and oxygen atoms in total. The molecule has 0 spiro atoms. The Bertz CT molecular complexity index is 352. The van der Waals surface area contributed by atoms with Gasteiger partial charge in [-0.1, -0.05) is 0 Å². The zero-order chi connectivity index (χ0) is 11.7. The van der Waals surface area contributed by atoms with E-state index in [9.17, 15) is 26.3 Å². The maximum atomic E-state index is 12.9. The molecule has 0 aliphatic rings. The molecule has 0 aliphatic heterocycles. The van der Waals surface area contributed by atoms with Crippen molar-refractivity contribution in [2.75, 3.05) is 0 Å². The Hall–Kier alpha value is -1.24. The molecule has 0 bridgehead atoms. The summed E-state index contributed by atoms with van der Waals surface area (Å²) in [7, 11) is 0. The van der Waals surface area contributed by atoms with Gasteiger partial charge in [0.15, 0.2) is 23.3 Å². The lowest BCUT2D eigenvalue weighted by Crippen LogP contribution is -2.23. The van der Waals surface area contributed by atoms with E-state index in [4.69, 9.17) is 5.73 Å². The van der Waals surface area contributed by atoms with E-state index in [0.29, 0.717) is 0 Å². The van der Waals surface area contributed by atoms with Crippen molar-refractivity contribution in [1.82, 2.24) is 0 Å². The van der Waals surface area contributed by atoms with Crippen LogP contribution in [0.4, 0.5) is 26.3 Å². The van der Waals surface area contributed by atoms with Crippen LogP contribution in [-0.4, -0.2) is 6.43 Å². The number of halogens is 6. The topological polar surface area (TPSA) is 26.0 Å². The van der Waals surface area contributed by atoms with Crippen LogP contribution < -0.4 is 5.73 Å². The van der Waals surface area contributed by atoms with Gasteiger partial charge in [0.2, 0.25) is 0 Å². The van der Waals surface area contributed by atoms with Crippen molar-refractivity contribution < 1.29 is 26.3 Å². The monoisotopic (exact) mass is 229 g/mol. The second-order valence-electron chi connectivity index (χ2n) is 2.74. The van der Waals surface area contributed by atoms with Gasteiger partial charge in [-0.05, 0) is 0 Å². The van der Waals surface area contributed by atoms with E-state index in [1.165, 1.54) is 0 Å². The normalized spacial score (nSPS) is 13.3. The van der Waals surface area contributed by atoms with Gasteiger partial charge < -0.3 is 5.73 Å². The predicted molar refractivity (Wildman–Crippen MR) is 39.2 cm³/mol. The summed E-state index contributed by atoms with van der Waals surface area (Å²) in [6.45, 7) is 0. The zero-order valence-electron chi connectivity index (χ0n) is 7.08. The lowest BCUT2D eigenvalue weighted by Gasteiger charge is -2.13. The van der Waals surface area contributed by atoms with Crippen molar-refractivity contribution in [3.63, 3.8) is 0 Å². The molecule has 0 fully saturated rings. The first-order valence-corrected chi connectivity index (χ1v) is 3.73. The molecule has 1 aromatic carbocycles. The molecule has 0 radical (unpaired) electrons. The summed E-state index contributed by atoms with van der Waals surface area (Å²) in [6.07, 6.45) is -3.32. The minimum absolute atomic E-state index is 0.0770. The number of hydrogen-bond acceptors (Lipinski definition) is 1. The molecule has 15 heavy (non-hydrogen) atoms. The minimum atomic E-state index is -3.32. The fraction of sp³-hybridized carbons (Fsp3) is 0.250.